The molecule has 1 N–H and O–H groups in total. The average Bonchev–Trinajstić information content (AvgIpc) is 2.84. The number of carbonyl (C=O) groups excluding carboxylic acids is 1. The Hall–Kier alpha value is -1.10. The van der Waals surface area contributed by atoms with E-state index in [2.05, 4.69) is 27.4 Å². The van der Waals surface area contributed by atoms with Gasteiger partial charge < -0.3 is 9.53 Å². The lowest BCUT2D eigenvalue weighted by Gasteiger charge is -2.32. The minimum Gasteiger partial charge on any atom is -0.519 e. The van der Waals surface area contributed by atoms with E-state index >= 15 is 0 Å². The van der Waals surface area contributed by atoms with E-state index in [0.29, 0.717) is 0 Å². The number of carboxylic acid groups (broad SMARTS) is 1. The first kappa shape index (κ1) is 33.9. The predicted molar refractivity (Wildman–Crippen MR) is 152 cm³/mol. The molecular weight excluding hydrogens is 452 g/mol. The van der Waals surface area contributed by atoms with Crippen LogP contribution in [0.1, 0.15) is 149 Å². The molecule has 4 nitrogen and oxygen atoms in total. The molecule has 0 aromatic heterocycles. The van der Waals surface area contributed by atoms with Crippen LogP contribution in [0.5, 0.6) is 0 Å². The van der Waals surface area contributed by atoms with E-state index in [9.17, 15) is 9.59 Å². The van der Waals surface area contributed by atoms with Crippen molar-refractivity contribution in [2.45, 2.75) is 167 Å². The Morgan fingerprint density at radius 2 is 0.943 bits per heavy atom. The summed E-state index contributed by atoms with van der Waals surface area (Å²) in [7, 11) is -2.19. The Morgan fingerprint density at radius 1 is 0.600 bits per heavy atom. The van der Waals surface area contributed by atoms with E-state index in [1.807, 2.05) is 0 Å². The van der Waals surface area contributed by atoms with E-state index in [4.69, 9.17) is 9.53 Å². The molecule has 0 radical (unpaired) electrons. The summed E-state index contributed by atoms with van der Waals surface area (Å²) >= 11 is 0. The zero-order valence-electron chi connectivity index (χ0n) is 23.6. The molecule has 0 aliphatic rings. The zero-order chi connectivity index (χ0) is 26.2. The van der Waals surface area contributed by atoms with Gasteiger partial charge in [0.25, 0.3) is 14.3 Å². The van der Waals surface area contributed by atoms with Crippen molar-refractivity contribution in [2.75, 3.05) is 0 Å². The fourth-order valence-corrected chi connectivity index (χ4v) is 9.19. The van der Waals surface area contributed by atoms with Gasteiger partial charge in [-0.3, -0.25) is 4.79 Å². The lowest BCUT2D eigenvalue weighted by atomic mass is 10.1. The number of carboxylic acids is 1. The standard InChI is InChI=1S/C30H58O4Si/c1-5-8-11-14-17-20-25-35(26-21-18-15-12-9-6-2,27-22-19-16-13-10-7-3)34-29(31)24-23-28(4)30(32)33/h4-27H2,1-3H3,(H,32,33). The molecule has 0 saturated carbocycles. The van der Waals surface area contributed by atoms with E-state index in [1.165, 1.54) is 96.3 Å². The van der Waals surface area contributed by atoms with Crippen molar-refractivity contribution in [2.24, 2.45) is 0 Å². The molecule has 0 saturated heterocycles. The molecule has 0 aliphatic carbocycles. The Labute approximate surface area is 218 Å². The summed E-state index contributed by atoms with van der Waals surface area (Å²) in [4.78, 5) is 24.0. The van der Waals surface area contributed by atoms with Crippen LogP contribution in [0.4, 0.5) is 0 Å². The summed E-state index contributed by atoms with van der Waals surface area (Å²) < 4.78 is 6.42. The van der Waals surface area contributed by atoms with Crippen LogP contribution in [0.2, 0.25) is 18.1 Å². The first-order valence-corrected chi connectivity index (χ1v) is 17.6. The lowest BCUT2D eigenvalue weighted by molar-refractivity contribution is -0.135. The van der Waals surface area contributed by atoms with Crippen LogP contribution in [-0.4, -0.2) is 25.4 Å². The first-order valence-electron chi connectivity index (χ1n) is 15.0. The molecule has 0 aromatic carbocycles. The molecule has 0 amide bonds. The first-order chi connectivity index (χ1) is 16.9. The molecular formula is C30H58O4Si. The summed E-state index contributed by atoms with van der Waals surface area (Å²) in [5, 5.41) is 9.10. The van der Waals surface area contributed by atoms with Gasteiger partial charge in [0.05, 0.1) is 0 Å². The quantitative estimate of drug-likeness (QED) is 0.0714. The SMILES string of the molecule is C=C(CCC(=O)O[Si](CCCCCCCC)(CCCCCCCC)CCCCCCCC)C(=O)O. The highest BCUT2D eigenvalue weighted by Gasteiger charge is 2.37. The van der Waals surface area contributed by atoms with Crippen LogP contribution in [0, 0.1) is 0 Å². The lowest BCUT2D eigenvalue weighted by Crippen LogP contribution is -2.40. The maximum Gasteiger partial charge on any atom is 0.330 e. The number of aliphatic carboxylic acids is 1. The third kappa shape index (κ3) is 19.7. The topological polar surface area (TPSA) is 63.6 Å². The van der Waals surface area contributed by atoms with Crippen molar-refractivity contribution in [3.05, 3.63) is 12.2 Å². The molecule has 0 aromatic rings. The second-order valence-electron chi connectivity index (χ2n) is 10.6. The number of rotatable bonds is 26. The Morgan fingerprint density at radius 3 is 1.29 bits per heavy atom. The maximum atomic E-state index is 12.9. The normalized spacial score (nSPS) is 11.5. The third-order valence-corrected chi connectivity index (χ3v) is 11.7. The van der Waals surface area contributed by atoms with Crippen molar-refractivity contribution in [3.8, 4) is 0 Å². The fraction of sp³-hybridized carbons (Fsp3) is 0.867. The predicted octanol–water partition coefficient (Wildman–Crippen LogP) is 9.98. The molecule has 206 valence electrons. The van der Waals surface area contributed by atoms with Gasteiger partial charge in [0.2, 0.25) is 0 Å². The molecule has 0 bridgehead atoms. The van der Waals surface area contributed by atoms with Gasteiger partial charge in [-0.25, -0.2) is 4.79 Å². The molecule has 0 rings (SSSR count). The van der Waals surface area contributed by atoms with Gasteiger partial charge in [-0.2, -0.15) is 0 Å². The van der Waals surface area contributed by atoms with Crippen LogP contribution in [0.15, 0.2) is 12.2 Å². The van der Waals surface area contributed by atoms with Crippen molar-refractivity contribution in [3.63, 3.8) is 0 Å². The van der Waals surface area contributed by atoms with Gasteiger partial charge in [0, 0.05) is 12.0 Å². The zero-order valence-corrected chi connectivity index (χ0v) is 24.6. The highest BCUT2D eigenvalue weighted by Crippen LogP contribution is 2.32. The largest absolute Gasteiger partial charge is 0.519 e. The van der Waals surface area contributed by atoms with Crippen molar-refractivity contribution in [1.29, 1.82) is 0 Å². The minimum absolute atomic E-state index is 0.0944. The third-order valence-electron chi connectivity index (χ3n) is 7.22. The highest BCUT2D eigenvalue weighted by atomic mass is 28.4. The van der Waals surface area contributed by atoms with Gasteiger partial charge in [0.1, 0.15) is 0 Å². The van der Waals surface area contributed by atoms with Crippen LogP contribution in [0.3, 0.4) is 0 Å². The van der Waals surface area contributed by atoms with Crippen LogP contribution in [0.25, 0.3) is 0 Å². The number of hydrogen-bond donors (Lipinski definition) is 1. The molecule has 0 aliphatic heterocycles. The monoisotopic (exact) mass is 510 g/mol. The maximum absolute atomic E-state index is 12.9. The Kier molecular flexibility index (Phi) is 22.6. The summed E-state index contributed by atoms with van der Waals surface area (Å²) in [5.41, 5.74) is 0.0944. The molecule has 35 heavy (non-hydrogen) atoms. The number of unbranched alkanes of at least 4 members (excludes halogenated alkanes) is 15. The summed E-state index contributed by atoms with van der Waals surface area (Å²) in [5.74, 6) is -1.21. The average molecular weight is 511 g/mol. The van der Waals surface area contributed by atoms with Crippen LogP contribution < -0.4 is 0 Å². The minimum atomic E-state index is -2.19. The molecule has 5 heteroatoms. The fourth-order valence-electron chi connectivity index (χ4n) is 4.86. The van der Waals surface area contributed by atoms with E-state index in [1.54, 1.807) is 0 Å². The van der Waals surface area contributed by atoms with Gasteiger partial charge in [-0.15, -0.1) is 0 Å². The van der Waals surface area contributed by atoms with Crippen molar-refractivity contribution in [1.82, 2.24) is 0 Å². The molecule has 0 atom stereocenters. The van der Waals surface area contributed by atoms with Crippen molar-refractivity contribution >= 4 is 20.3 Å². The van der Waals surface area contributed by atoms with E-state index < -0.39 is 14.3 Å². The number of hydrogen-bond acceptors (Lipinski definition) is 3. The second kappa shape index (κ2) is 23.3. The van der Waals surface area contributed by atoms with Crippen LogP contribution in [-0.2, 0) is 14.0 Å². The molecule has 0 heterocycles. The van der Waals surface area contributed by atoms with E-state index in [-0.39, 0.29) is 24.4 Å². The summed E-state index contributed by atoms with van der Waals surface area (Å²) in [6.07, 6.45) is 22.9. The molecule has 0 spiro atoms. The Balaban J connectivity index is 5.12. The van der Waals surface area contributed by atoms with Crippen LogP contribution >= 0.6 is 0 Å². The summed E-state index contributed by atoms with van der Waals surface area (Å²) in [6.45, 7) is 10.3. The van der Waals surface area contributed by atoms with Gasteiger partial charge in [-0.05, 0) is 24.6 Å². The number of carbonyl (C=O) groups is 2. The highest BCUT2D eigenvalue weighted by molar-refractivity contribution is 6.75. The smallest absolute Gasteiger partial charge is 0.330 e. The van der Waals surface area contributed by atoms with Gasteiger partial charge in [0.15, 0.2) is 0 Å². The summed E-state index contributed by atoms with van der Waals surface area (Å²) in [6, 6.07) is 3.23. The molecule has 0 unspecified atom stereocenters. The van der Waals surface area contributed by atoms with E-state index in [0.717, 1.165) is 37.4 Å². The van der Waals surface area contributed by atoms with Crippen molar-refractivity contribution < 1.29 is 19.1 Å². The van der Waals surface area contributed by atoms with Gasteiger partial charge in [-0.1, -0.05) is 143 Å². The van der Waals surface area contributed by atoms with Gasteiger partial charge >= 0.3 is 5.97 Å². The Bertz CT molecular complexity index is 506. The second-order valence-corrected chi connectivity index (χ2v) is 14.7. The molecule has 0 fully saturated rings.